The van der Waals surface area contributed by atoms with Gasteiger partial charge in [0.2, 0.25) is 11.1 Å². The number of imidazole rings is 1. The van der Waals surface area contributed by atoms with Crippen LogP contribution in [0.25, 0.3) is 11.2 Å². The maximum atomic E-state index is 12.2. The fourth-order valence-corrected chi connectivity index (χ4v) is 5.60. The molecule has 1 amide bonds. The van der Waals surface area contributed by atoms with Crippen LogP contribution in [0.5, 0.6) is 0 Å². The number of rotatable bonds is 8. The van der Waals surface area contributed by atoms with Crippen LogP contribution in [0.4, 0.5) is 10.6 Å². The van der Waals surface area contributed by atoms with E-state index in [1.807, 2.05) is 27.7 Å². The number of nitrogens with zero attached hydrogens (tertiary/aromatic N) is 8. The molecule has 17 nitrogen and oxygen atoms in total. The number of anilines is 1. The van der Waals surface area contributed by atoms with Crippen molar-refractivity contribution >= 4 is 46.6 Å². The standard InChI is InChI=1S/C27H37ClN10O7/c1-7-38-35-22(34-36-38)19-18(42-13(2)39)20(43-14(3)40)24(44-19)37-12-29-17-21(32-25(28)33-23(17)37)30-15-8-10-16(11-9-15)31-26(41)45-27(4,5)6/h12,15-16,18-20,24H,7-11H2,1-6H3,(H,31,41)(H,30,32,33)/t15?,16?,18-,19+,20-,24-/m1/s1. The van der Waals surface area contributed by atoms with Gasteiger partial charge in [-0.3, -0.25) is 14.2 Å². The van der Waals surface area contributed by atoms with Crippen molar-refractivity contribution in [3.8, 4) is 0 Å². The highest BCUT2D eigenvalue weighted by Gasteiger charge is 2.53. The van der Waals surface area contributed by atoms with E-state index in [-0.39, 0.29) is 23.2 Å². The van der Waals surface area contributed by atoms with Crippen LogP contribution in [-0.4, -0.2) is 87.7 Å². The largest absolute Gasteiger partial charge is 0.455 e. The zero-order valence-corrected chi connectivity index (χ0v) is 26.6. The maximum Gasteiger partial charge on any atom is 0.407 e. The van der Waals surface area contributed by atoms with Gasteiger partial charge in [-0.2, -0.15) is 14.8 Å². The summed E-state index contributed by atoms with van der Waals surface area (Å²) >= 11 is 6.38. The molecule has 2 N–H and O–H groups in total. The van der Waals surface area contributed by atoms with Gasteiger partial charge in [-0.15, -0.1) is 10.2 Å². The number of halogens is 1. The SMILES string of the molecule is CCn1nnc([C@H]2O[C@@H](n3cnc4c(NC5CCC(NC(=O)OC(C)(C)C)CC5)nc(Cl)nc43)[C@H](OC(C)=O)[C@@H]2OC(C)=O)n1. The molecule has 1 saturated heterocycles. The second-order valence-corrected chi connectivity index (χ2v) is 12.3. The maximum absolute atomic E-state index is 12.2. The smallest absolute Gasteiger partial charge is 0.407 e. The number of aromatic nitrogens is 8. The normalized spacial score (nSPS) is 25.1. The van der Waals surface area contributed by atoms with E-state index in [1.165, 1.54) is 25.0 Å². The van der Waals surface area contributed by atoms with Gasteiger partial charge in [0, 0.05) is 25.9 Å². The van der Waals surface area contributed by atoms with E-state index >= 15 is 0 Å². The lowest BCUT2D eigenvalue weighted by Gasteiger charge is -2.30. The lowest BCUT2D eigenvalue weighted by Crippen LogP contribution is -2.42. The number of hydrogen-bond acceptors (Lipinski definition) is 14. The predicted molar refractivity (Wildman–Crippen MR) is 157 cm³/mol. The van der Waals surface area contributed by atoms with E-state index in [0.717, 1.165) is 25.7 Å². The number of ether oxygens (including phenoxy) is 4. The number of fused-ring (bicyclic) bond motifs is 1. The topological polar surface area (TPSA) is 199 Å². The zero-order valence-electron chi connectivity index (χ0n) is 25.9. The highest BCUT2D eigenvalue weighted by atomic mass is 35.5. The molecule has 1 aliphatic carbocycles. The van der Waals surface area contributed by atoms with Crippen molar-refractivity contribution in [3.05, 3.63) is 17.4 Å². The molecule has 1 aliphatic heterocycles. The van der Waals surface area contributed by atoms with Crippen molar-refractivity contribution < 1.29 is 33.3 Å². The van der Waals surface area contributed by atoms with Crippen LogP contribution in [0, 0.1) is 0 Å². The number of alkyl carbamates (subject to hydrolysis) is 1. The quantitative estimate of drug-likeness (QED) is 0.205. The molecule has 4 heterocycles. The summed E-state index contributed by atoms with van der Waals surface area (Å²) < 4.78 is 24.5. The van der Waals surface area contributed by atoms with Crippen molar-refractivity contribution in [2.45, 2.75) is 116 Å². The monoisotopic (exact) mass is 648 g/mol. The van der Waals surface area contributed by atoms with Gasteiger partial charge in [-0.25, -0.2) is 9.78 Å². The van der Waals surface area contributed by atoms with E-state index < -0.39 is 48.2 Å². The van der Waals surface area contributed by atoms with Crippen LogP contribution in [0.1, 0.15) is 85.4 Å². The number of carbonyl (C=O) groups excluding carboxylic acids is 3. The second-order valence-electron chi connectivity index (χ2n) is 11.9. The molecule has 1 saturated carbocycles. The summed E-state index contributed by atoms with van der Waals surface area (Å²) in [6.45, 7) is 10.2. The molecule has 244 valence electrons. The summed E-state index contributed by atoms with van der Waals surface area (Å²) in [5.41, 5.74) is 0.133. The lowest BCUT2D eigenvalue weighted by molar-refractivity contribution is -0.165. The summed E-state index contributed by atoms with van der Waals surface area (Å²) in [5.74, 6) is -0.667. The fourth-order valence-electron chi connectivity index (χ4n) is 5.44. The van der Waals surface area contributed by atoms with E-state index in [0.29, 0.717) is 23.5 Å². The van der Waals surface area contributed by atoms with Crippen LogP contribution in [0.2, 0.25) is 5.28 Å². The Balaban J connectivity index is 1.38. The van der Waals surface area contributed by atoms with Crippen LogP contribution < -0.4 is 10.6 Å². The molecular weight excluding hydrogens is 612 g/mol. The summed E-state index contributed by atoms with van der Waals surface area (Å²) in [5, 5.41) is 18.7. The van der Waals surface area contributed by atoms with Crippen molar-refractivity contribution in [3.63, 3.8) is 0 Å². The first-order chi connectivity index (χ1) is 21.3. The number of aryl methyl sites for hydroxylation is 1. The van der Waals surface area contributed by atoms with Crippen LogP contribution in [0.3, 0.4) is 0 Å². The third-order valence-electron chi connectivity index (χ3n) is 7.26. The lowest BCUT2D eigenvalue weighted by atomic mass is 9.91. The third-order valence-corrected chi connectivity index (χ3v) is 7.43. The first kappa shape index (κ1) is 32.3. The van der Waals surface area contributed by atoms with Crippen LogP contribution >= 0.6 is 11.6 Å². The molecule has 0 unspecified atom stereocenters. The highest BCUT2D eigenvalue weighted by molar-refractivity contribution is 6.28. The Kier molecular flexibility index (Phi) is 9.38. The first-order valence-electron chi connectivity index (χ1n) is 14.7. The molecule has 0 spiro atoms. The number of carbonyl (C=O) groups is 3. The Labute approximate surface area is 263 Å². The van der Waals surface area contributed by atoms with E-state index in [2.05, 4.69) is 41.0 Å². The average Bonchev–Trinajstić information content (AvgIpc) is 3.66. The van der Waals surface area contributed by atoms with Crippen molar-refractivity contribution in [1.29, 1.82) is 0 Å². The molecule has 45 heavy (non-hydrogen) atoms. The molecule has 3 aromatic rings. The molecule has 4 atom stereocenters. The summed E-state index contributed by atoms with van der Waals surface area (Å²) in [6, 6.07) is 0.0258. The molecule has 2 aliphatic rings. The van der Waals surface area contributed by atoms with E-state index in [1.54, 1.807) is 4.57 Å². The molecule has 5 rings (SSSR count). The summed E-state index contributed by atoms with van der Waals surface area (Å²) in [7, 11) is 0. The predicted octanol–water partition coefficient (Wildman–Crippen LogP) is 2.87. The van der Waals surface area contributed by atoms with Gasteiger partial charge in [-0.1, -0.05) is 0 Å². The molecule has 0 aromatic carbocycles. The summed E-state index contributed by atoms with van der Waals surface area (Å²) in [6.07, 6.45) is -0.250. The Bertz CT molecular complexity index is 1550. The van der Waals surface area contributed by atoms with Crippen molar-refractivity contribution in [1.82, 2.24) is 45.0 Å². The van der Waals surface area contributed by atoms with Crippen LogP contribution in [-0.2, 0) is 35.1 Å². The van der Waals surface area contributed by atoms with Gasteiger partial charge in [0.15, 0.2) is 41.5 Å². The number of amides is 1. The molecule has 18 heteroatoms. The van der Waals surface area contributed by atoms with Gasteiger partial charge in [0.1, 0.15) is 5.60 Å². The molecule has 0 bridgehead atoms. The Hall–Kier alpha value is -4.12. The molecule has 2 fully saturated rings. The second kappa shape index (κ2) is 13.1. The minimum absolute atomic E-state index is 0.00429. The van der Waals surface area contributed by atoms with Crippen molar-refractivity contribution in [2.75, 3.05) is 5.32 Å². The summed E-state index contributed by atoms with van der Waals surface area (Å²) in [4.78, 5) is 51.2. The minimum atomic E-state index is -1.11. The average molecular weight is 649 g/mol. The molecular formula is C27H37ClN10O7. The fraction of sp³-hybridized carbons (Fsp3) is 0.667. The Morgan fingerprint density at radius 2 is 1.71 bits per heavy atom. The molecule has 0 radical (unpaired) electrons. The van der Waals surface area contributed by atoms with Crippen LogP contribution in [0.15, 0.2) is 6.33 Å². The van der Waals surface area contributed by atoms with Crippen molar-refractivity contribution in [2.24, 2.45) is 0 Å². The molecule has 3 aromatic heterocycles. The van der Waals surface area contributed by atoms with E-state index in [9.17, 15) is 14.4 Å². The van der Waals surface area contributed by atoms with E-state index in [4.69, 9.17) is 30.5 Å². The third kappa shape index (κ3) is 7.58. The number of esters is 2. The Morgan fingerprint density at radius 3 is 2.33 bits per heavy atom. The zero-order chi connectivity index (χ0) is 32.5. The minimum Gasteiger partial charge on any atom is -0.455 e. The van der Waals surface area contributed by atoms with Gasteiger partial charge < -0.3 is 29.6 Å². The van der Waals surface area contributed by atoms with Gasteiger partial charge >= 0.3 is 18.0 Å². The first-order valence-corrected chi connectivity index (χ1v) is 15.1. The highest BCUT2D eigenvalue weighted by Crippen LogP contribution is 2.42. The van der Waals surface area contributed by atoms with Gasteiger partial charge in [0.25, 0.3) is 0 Å². The van der Waals surface area contributed by atoms with Gasteiger partial charge in [-0.05, 0) is 70.2 Å². The number of nitrogens with one attached hydrogen (secondary N) is 2. The number of tetrazole rings is 1. The number of hydrogen-bond donors (Lipinski definition) is 2. The Morgan fingerprint density at radius 1 is 1.04 bits per heavy atom. The van der Waals surface area contributed by atoms with Gasteiger partial charge in [0.05, 0.1) is 12.9 Å².